The van der Waals surface area contributed by atoms with Gasteiger partial charge in [-0.15, -0.1) is 0 Å². The summed E-state index contributed by atoms with van der Waals surface area (Å²) in [6, 6.07) is 13.3. The molecule has 0 N–H and O–H groups in total. The molecule has 1 aliphatic rings. The Morgan fingerprint density at radius 3 is 2.53 bits per heavy atom. The van der Waals surface area contributed by atoms with Crippen molar-refractivity contribution in [3.8, 4) is 18.2 Å². The summed E-state index contributed by atoms with van der Waals surface area (Å²) < 4.78 is 0. The number of benzene rings is 1. The standard InChI is InChI=1S/C15H10N4/c1-10-12-4-2-3-5-14(12)19-15(9-18)13(10)6-11(7-16)8-17/h2-5,11,13H,1,6H2. The molecule has 2 rings (SSSR count). The molecule has 1 heterocycles. The number of rotatable bonds is 2. The number of hydrogen-bond acceptors (Lipinski definition) is 4. The molecule has 1 unspecified atom stereocenters. The van der Waals surface area contributed by atoms with Gasteiger partial charge in [-0.2, -0.15) is 15.8 Å². The van der Waals surface area contributed by atoms with E-state index >= 15 is 0 Å². The second kappa shape index (κ2) is 5.17. The third-order valence-electron chi connectivity index (χ3n) is 3.14. The number of hydrogen-bond donors (Lipinski definition) is 0. The van der Waals surface area contributed by atoms with Crippen molar-refractivity contribution in [3.05, 3.63) is 36.4 Å². The zero-order valence-electron chi connectivity index (χ0n) is 10.2. The van der Waals surface area contributed by atoms with Crippen LogP contribution in [0, 0.1) is 45.8 Å². The highest BCUT2D eigenvalue weighted by Gasteiger charge is 2.29. The van der Waals surface area contributed by atoms with Crippen molar-refractivity contribution in [3.63, 3.8) is 0 Å². The normalized spacial score (nSPS) is 16.8. The van der Waals surface area contributed by atoms with Gasteiger partial charge in [0.05, 0.1) is 17.8 Å². The van der Waals surface area contributed by atoms with Gasteiger partial charge >= 0.3 is 0 Å². The molecule has 0 aromatic heterocycles. The SMILES string of the molecule is C=C1c2ccccc2N=C(C#N)C1CC(C#N)C#N. The van der Waals surface area contributed by atoms with Gasteiger partial charge in [-0.25, -0.2) is 4.99 Å². The maximum absolute atomic E-state index is 9.18. The minimum absolute atomic E-state index is 0.257. The third kappa shape index (κ3) is 2.23. The third-order valence-corrected chi connectivity index (χ3v) is 3.14. The summed E-state index contributed by atoms with van der Waals surface area (Å²) in [7, 11) is 0. The molecule has 0 amide bonds. The van der Waals surface area contributed by atoms with Crippen molar-refractivity contribution in [2.75, 3.05) is 0 Å². The second-order valence-corrected chi connectivity index (χ2v) is 4.25. The Hall–Kier alpha value is -2.90. The largest absolute Gasteiger partial charge is 0.241 e. The van der Waals surface area contributed by atoms with E-state index < -0.39 is 5.92 Å². The molecule has 0 spiro atoms. The highest BCUT2D eigenvalue weighted by molar-refractivity contribution is 6.11. The van der Waals surface area contributed by atoms with Crippen molar-refractivity contribution in [2.24, 2.45) is 16.8 Å². The lowest BCUT2D eigenvalue weighted by Gasteiger charge is -2.24. The molecule has 4 nitrogen and oxygen atoms in total. The molecule has 0 saturated carbocycles. The van der Waals surface area contributed by atoms with Crippen LogP contribution in [0.3, 0.4) is 0 Å². The molecule has 4 heteroatoms. The molecular weight excluding hydrogens is 236 g/mol. The smallest absolute Gasteiger partial charge is 0.134 e. The molecule has 0 fully saturated rings. The first-order chi connectivity index (χ1) is 9.21. The van der Waals surface area contributed by atoms with E-state index in [0.29, 0.717) is 11.4 Å². The molecule has 19 heavy (non-hydrogen) atoms. The quantitative estimate of drug-likeness (QED) is 0.804. The topological polar surface area (TPSA) is 83.7 Å². The summed E-state index contributed by atoms with van der Waals surface area (Å²) in [5.41, 5.74) is 2.66. The van der Waals surface area contributed by atoms with Gasteiger partial charge < -0.3 is 0 Å². The number of aliphatic imine (C=N–C) groups is 1. The number of para-hydroxylation sites is 1. The monoisotopic (exact) mass is 246 g/mol. The van der Waals surface area contributed by atoms with Crippen molar-refractivity contribution in [1.29, 1.82) is 15.8 Å². The fraction of sp³-hybridized carbons (Fsp3) is 0.200. The lowest BCUT2D eigenvalue weighted by Crippen LogP contribution is -2.20. The summed E-state index contributed by atoms with van der Waals surface area (Å²) in [5.74, 6) is -1.12. The maximum Gasteiger partial charge on any atom is 0.134 e. The van der Waals surface area contributed by atoms with E-state index in [1.807, 2.05) is 42.5 Å². The summed E-state index contributed by atoms with van der Waals surface area (Å²) in [6.07, 6.45) is 0.257. The van der Waals surface area contributed by atoms with Gasteiger partial charge in [-0.1, -0.05) is 24.8 Å². The summed E-state index contributed by atoms with van der Waals surface area (Å²) in [6.45, 7) is 4.01. The Labute approximate surface area is 111 Å². The van der Waals surface area contributed by atoms with Crippen LogP contribution in [0.5, 0.6) is 0 Å². The fourth-order valence-electron chi connectivity index (χ4n) is 2.13. The van der Waals surface area contributed by atoms with E-state index in [9.17, 15) is 5.26 Å². The molecule has 0 aliphatic carbocycles. The van der Waals surface area contributed by atoms with Crippen LogP contribution in [0.25, 0.3) is 5.57 Å². The Bertz CT molecular complexity index is 665. The fourth-order valence-corrected chi connectivity index (χ4v) is 2.13. The highest BCUT2D eigenvalue weighted by Crippen LogP contribution is 2.38. The second-order valence-electron chi connectivity index (χ2n) is 4.25. The van der Waals surface area contributed by atoms with E-state index in [1.54, 1.807) is 0 Å². The van der Waals surface area contributed by atoms with E-state index in [2.05, 4.69) is 11.6 Å². The van der Waals surface area contributed by atoms with Crippen LogP contribution in [0.1, 0.15) is 12.0 Å². The number of nitrogens with zero attached hydrogens (tertiary/aromatic N) is 4. The van der Waals surface area contributed by atoms with Gasteiger partial charge in [0.15, 0.2) is 0 Å². The minimum Gasteiger partial charge on any atom is -0.241 e. The van der Waals surface area contributed by atoms with Crippen LogP contribution in [-0.4, -0.2) is 5.71 Å². The molecule has 1 aromatic rings. The minimum atomic E-state index is -0.759. The molecule has 0 radical (unpaired) electrons. The first kappa shape index (κ1) is 12.6. The molecule has 1 atom stereocenters. The predicted octanol–water partition coefficient (Wildman–Crippen LogP) is 2.98. The average molecular weight is 246 g/mol. The number of allylic oxidation sites excluding steroid dienone is 1. The first-order valence-corrected chi connectivity index (χ1v) is 5.77. The average Bonchev–Trinajstić information content (AvgIpc) is 2.46. The van der Waals surface area contributed by atoms with Gasteiger partial charge in [0.25, 0.3) is 0 Å². The van der Waals surface area contributed by atoms with Crippen LogP contribution in [0.15, 0.2) is 35.8 Å². The Kier molecular flexibility index (Phi) is 3.42. The zero-order chi connectivity index (χ0) is 13.8. The summed E-state index contributed by atoms with van der Waals surface area (Å²) in [4.78, 5) is 4.29. The van der Waals surface area contributed by atoms with E-state index in [0.717, 1.165) is 11.1 Å². The summed E-state index contributed by atoms with van der Waals surface area (Å²) >= 11 is 0. The van der Waals surface area contributed by atoms with Crippen LogP contribution >= 0.6 is 0 Å². The van der Waals surface area contributed by atoms with E-state index in [-0.39, 0.29) is 12.3 Å². The summed E-state index contributed by atoms with van der Waals surface area (Å²) in [5, 5.41) is 26.9. The molecule has 0 bridgehead atoms. The van der Waals surface area contributed by atoms with Crippen LogP contribution in [0.4, 0.5) is 5.69 Å². The molecule has 0 saturated heterocycles. The number of fused-ring (bicyclic) bond motifs is 1. The maximum atomic E-state index is 9.18. The predicted molar refractivity (Wildman–Crippen MR) is 71.0 cm³/mol. The lowest BCUT2D eigenvalue weighted by atomic mass is 9.81. The van der Waals surface area contributed by atoms with Crippen LogP contribution in [0.2, 0.25) is 0 Å². The van der Waals surface area contributed by atoms with Crippen molar-refractivity contribution in [2.45, 2.75) is 6.42 Å². The number of nitriles is 3. The van der Waals surface area contributed by atoms with Crippen molar-refractivity contribution < 1.29 is 0 Å². The Morgan fingerprint density at radius 1 is 1.21 bits per heavy atom. The van der Waals surface area contributed by atoms with Gasteiger partial charge in [0.1, 0.15) is 17.7 Å². The Morgan fingerprint density at radius 2 is 1.89 bits per heavy atom. The van der Waals surface area contributed by atoms with Crippen molar-refractivity contribution in [1.82, 2.24) is 0 Å². The van der Waals surface area contributed by atoms with Gasteiger partial charge in [-0.3, -0.25) is 0 Å². The zero-order valence-corrected chi connectivity index (χ0v) is 10.2. The molecule has 1 aromatic carbocycles. The lowest BCUT2D eigenvalue weighted by molar-refractivity contribution is 0.681. The van der Waals surface area contributed by atoms with E-state index in [4.69, 9.17) is 10.5 Å². The molecule has 90 valence electrons. The highest BCUT2D eigenvalue weighted by atomic mass is 14.8. The molecular formula is C15H10N4. The van der Waals surface area contributed by atoms with Gasteiger partial charge in [0, 0.05) is 11.5 Å². The van der Waals surface area contributed by atoms with Crippen LogP contribution < -0.4 is 0 Å². The van der Waals surface area contributed by atoms with Gasteiger partial charge in [0.2, 0.25) is 0 Å². The van der Waals surface area contributed by atoms with E-state index in [1.165, 1.54) is 0 Å². The van der Waals surface area contributed by atoms with Gasteiger partial charge in [-0.05, 0) is 18.1 Å². The first-order valence-electron chi connectivity index (χ1n) is 5.77. The molecule has 1 aliphatic heterocycles. The van der Waals surface area contributed by atoms with Crippen LogP contribution in [-0.2, 0) is 0 Å². The Balaban J connectivity index is 2.43. The van der Waals surface area contributed by atoms with Crippen molar-refractivity contribution >= 4 is 17.0 Å².